The van der Waals surface area contributed by atoms with Gasteiger partial charge < -0.3 is 20.1 Å². The number of esters is 1. The molecule has 0 unspecified atom stereocenters. The smallest absolute Gasteiger partial charge is 0.342 e. The summed E-state index contributed by atoms with van der Waals surface area (Å²) < 4.78 is 4.93. The lowest BCUT2D eigenvalue weighted by molar-refractivity contribution is -0.138. The number of nitrogens with one attached hydrogen (secondary N) is 1. The van der Waals surface area contributed by atoms with Gasteiger partial charge in [-0.25, -0.2) is 4.79 Å². The van der Waals surface area contributed by atoms with Gasteiger partial charge in [-0.2, -0.15) is 0 Å². The van der Waals surface area contributed by atoms with Gasteiger partial charge in [0.1, 0.15) is 11.3 Å². The summed E-state index contributed by atoms with van der Waals surface area (Å²) in [5, 5.41) is 12.4. The average molecular weight is 322 g/mol. The number of aryl methyl sites for hydroxylation is 1. The van der Waals surface area contributed by atoms with Gasteiger partial charge in [-0.05, 0) is 32.4 Å². The van der Waals surface area contributed by atoms with Crippen LogP contribution in [0.15, 0.2) is 18.2 Å². The molecule has 2 amide bonds. The van der Waals surface area contributed by atoms with Crippen molar-refractivity contribution in [3.8, 4) is 5.75 Å². The van der Waals surface area contributed by atoms with Crippen LogP contribution in [0.4, 0.5) is 0 Å². The fourth-order valence-corrected chi connectivity index (χ4v) is 1.92. The molecule has 7 nitrogen and oxygen atoms in total. The highest BCUT2D eigenvalue weighted by atomic mass is 16.5. The number of benzene rings is 1. The highest BCUT2D eigenvalue weighted by Crippen LogP contribution is 2.21. The highest BCUT2D eigenvalue weighted by molar-refractivity contribution is 5.94. The van der Waals surface area contributed by atoms with Gasteiger partial charge in [0.05, 0.1) is 6.54 Å². The minimum atomic E-state index is -0.784. The predicted molar refractivity (Wildman–Crippen MR) is 84.1 cm³/mol. The SMILES string of the molecule is CCNC(=O)CN(CC)C(=O)COC(=O)c1cccc(C)c1O. The number of nitrogens with zero attached hydrogens (tertiary/aromatic N) is 1. The Labute approximate surface area is 135 Å². The molecule has 0 saturated heterocycles. The summed E-state index contributed by atoms with van der Waals surface area (Å²) in [6, 6.07) is 4.69. The van der Waals surface area contributed by atoms with E-state index in [1.165, 1.54) is 11.0 Å². The molecule has 0 aliphatic rings. The lowest BCUT2D eigenvalue weighted by atomic mass is 10.1. The van der Waals surface area contributed by atoms with Crippen LogP contribution in [0.3, 0.4) is 0 Å². The fraction of sp³-hybridized carbons (Fsp3) is 0.438. The Bertz CT molecular complexity index is 586. The Kier molecular flexibility index (Phi) is 7.05. The van der Waals surface area contributed by atoms with Gasteiger partial charge in [-0.3, -0.25) is 9.59 Å². The molecular formula is C16H22N2O5. The molecule has 126 valence electrons. The van der Waals surface area contributed by atoms with E-state index < -0.39 is 18.5 Å². The van der Waals surface area contributed by atoms with Gasteiger partial charge in [0.25, 0.3) is 5.91 Å². The maximum absolute atomic E-state index is 12.0. The molecule has 0 heterocycles. The lowest BCUT2D eigenvalue weighted by Crippen LogP contribution is -2.42. The van der Waals surface area contributed by atoms with Crippen molar-refractivity contribution in [2.45, 2.75) is 20.8 Å². The number of rotatable bonds is 7. The molecule has 0 aromatic heterocycles. The fourth-order valence-electron chi connectivity index (χ4n) is 1.92. The molecule has 1 rings (SSSR count). The number of phenols is 1. The largest absolute Gasteiger partial charge is 0.507 e. The first-order chi connectivity index (χ1) is 10.9. The van der Waals surface area contributed by atoms with Gasteiger partial charge in [0, 0.05) is 13.1 Å². The third-order valence-corrected chi connectivity index (χ3v) is 3.23. The van der Waals surface area contributed by atoms with Gasteiger partial charge >= 0.3 is 5.97 Å². The molecule has 23 heavy (non-hydrogen) atoms. The Morgan fingerprint density at radius 1 is 1.26 bits per heavy atom. The summed E-state index contributed by atoms with van der Waals surface area (Å²) in [4.78, 5) is 36.7. The zero-order valence-corrected chi connectivity index (χ0v) is 13.6. The van der Waals surface area contributed by atoms with E-state index >= 15 is 0 Å². The van der Waals surface area contributed by atoms with E-state index in [2.05, 4.69) is 5.32 Å². The van der Waals surface area contributed by atoms with E-state index in [0.29, 0.717) is 18.7 Å². The van der Waals surface area contributed by atoms with Crippen molar-refractivity contribution in [2.24, 2.45) is 0 Å². The topological polar surface area (TPSA) is 95.9 Å². The van der Waals surface area contributed by atoms with Crippen molar-refractivity contribution in [3.05, 3.63) is 29.3 Å². The van der Waals surface area contributed by atoms with Crippen molar-refractivity contribution in [1.82, 2.24) is 10.2 Å². The molecule has 1 aromatic carbocycles. The minimum absolute atomic E-state index is 0.00424. The van der Waals surface area contributed by atoms with E-state index in [1.807, 2.05) is 0 Å². The second kappa shape index (κ2) is 8.77. The van der Waals surface area contributed by atoms with Crippen LogP contribution in [0.2, 0.25) is 0 Å². The van der Waals surface area contributed by atoms with Crippen LogP contribution < -0.4 is 5.32 Å². The molecule has 0 spiro atoms. The number of ether oxygens (including phenoxy) is 1. The maximum atomic E-state index is 12.0. The van der Waals surface area contributed by atoms with E-state index in [9.17, 15) is 19.5 Å². The first-order valence-electron chi connectivity index (χ1n) is 7.40. The number of carbonyl (C=O) groups is 3. The molecule has 0 aliphatic carbocycles. The molecule has 0 radical (unpaired) electrons. The Morgan fingerprint density at radius 2 is 1.96 bits per heavy atom. The summed E-state index contributed by atoms with van der Waals surface area (Å²) in [6.45, 7) is 5.39. The van der Waals surface area contributed by atoms with Crippen LogP contribution in [0.5, 0.6) is 5.75 Å². The van der Waals surface area contributed by atoms with E-state index in [-0.39, 0.29) is 23.8 Å². The zero-order valence-electron chi connectivity index (χ0n) is 13.6. The molecule has 0 saturated carbocycles. The van der Waals surface area contributed by atoms with E-state index in [1.54, 1.807) is 32.9 Å². The number of aromatic hydroxyl groups is 1. The third kappa shape index (κ3) is 5.28. The summed E-state index contributed by atoms with van der Waals surface area (Å²) in [6.07, 6.45) is 0. The third-order valence-electron chi connectivity index (χ3n) is 3.23. The lowest BCUT2D eigenvalue weighted by Gasteiger charge is -2.20. The second-order valence-electron chi connectivity index (χ2n) is 4.91. The Hall–Kier alpha value is -2.57. The van der Waals surface area contributed by atoms with Crippen molar-refractivity contribution in [3.63, 3.8) is 0 Å². The zero-order chi connectivity index (χ0) is 17.4. The van der Waals surface area contributed by atoms with Crippen LogP contribution >= 0.6 is 0 Å². The standard InChI is InChI=1S/C16H22N2O5/c1-4-17-13(19)9-18(5-2)14(20)10-23-16(22)12-8-6-7-11(3)15(12)21/h6-8,21H,4-5,9-10H2,1-3H3,(H,17,19). The Morgan fingerprint density at radius 3 is 2.57 bits per heavy atom. The number of amides is 2. The van der Waals surface area contributed by atoms with Gasteiger partial charge in [0.15, 0.2) is 6.61 Å². The van der Waals surface area contributed by atoms with Crippen LogP contribution in [0.1, 0.15) is 29.8 Å². The molecule has 0 fully saturated rings. The van der Waals surface area contributed by atoms with Crippen LogP contribution in [0, 0.1) is 6.92 Å². The number of para-hydroxylation sites is 1. The first kappa shape index (κ1) is 18.5. The number of hydrogen-bond acceptors (Lipinski definition) is 5. The maximum Gasteiger partial charge on any atom is 0.342 e. The van der Waals surface area contributed by atoms with E-state index in [4.69, 9.17) is 4.74 Å². The summed E-state index contributed by atoms with van der Waals surface area (Å²) in [5.74, 6) is -1.70. The van der Waals surface area contributed by atoms with Crippen LogP contribution in [-0.2, 0) is 14.3 Å². The van der Waals surface area contributed by atoms with Gasteiger partial charge in [0.2, 0.25) is 5.91 Å². The first-order valence-corrected chi connectivity index (χ1v) is 7.40. The molecule has 1 aromatic rings. The van der Waals surface area contributed by atoms with Crippen molar-refractivity contribution in [2.75, 3.05) is 26.2 Å². The molecule has 2 N–H and O–H groups in total. The number of likely N-dealkylation sites (N-methyl/N-ethyl adjacent to an activating group) is 2. The molecule has 7 heteroatoms. The number of carbonyl (C=O) groups excluding carboxylic acids is 3. The van der Waals surface area contributed by atoms with Crippen LogP contribution in [0.25, 0.3) is 0 Å². The monoisotopic (exact) mass is 322 g/mol. The van der Waals surface area contributed by atoms with Gasteiger partial charge in [-0.1, -0.05) is 12.1 Å². The predicted octanol–water partition coefficient (Wildman–Crippen LogP) is 0.842. The summed E-state index contributed by atoms with van der Waals surface area (Å²) >= 11 is 0. The minimum Gasteiger partial charge on any atom is -0.507 e. The molecule has 0 bridgehead atoms. The highest BCUT2D eigenvalue weighted by Gasteiger charge is 2.19. The normalized spacial score (nSPS) is 10.0. The molecular weight excluding hydrogens is 300 g/mol. The molecule has 0 atom stereocenters. The van der Waals surface area contributed by atoms with Gasteiger partial charge in [-0.15, -0.1) is 0 Å². The number of hydrogen-bond donors (Lipinski definition) is 2. The number of phenolic OH excluding ortho intramolecular Hbond substituents is 1. The quantitative estimate of drug-likeness (QED) is 0.725. The second-order valence-corrected chi connectivity index (χ2v) is 4.91. The molecule has 0 aliphatic heterocycles. The Balaban J connectivity index is 2.61. The summed E-state index contributed by atoms with van der Waals surface area (Å²) in [7, 11) is 0. The summed E-state index contributed by atoms with van der Waals surface area (Å²) in [5.41, 5.74) is 0.543. The van der Waals surface area contributed by atoms with Crippen molar-refractivity contribution in [1.29, 1.82) is 0 Å². The van der Waals surface area contributed by atoms with Crippen LogP contribution in [-0.4, -0.2) is 54.0 Å². The van der Waals surface area contributed by atoms with Crippen molar-refractivity contribution >= 4 is 17.8 Å². The van der Waals surface area contributed by atoms with E-state index in [0.717, 1.165) is 0 Å². The van der Waals surface area contributed by atoms with Crippen molar-refractivity contribution < 1.29 is 24.2 Å². The average Bonchev–Trinajstić information content (AvgIpc) is 2.52.